The maximum Gasteiger partial charge on any atom is 0.115 e. The van der Waals surface area contributed by atoms with Gasteiger partial charge in [-0.3, -0.25) is 0 Å². The van der Waals surface area contributed by atoms with Crippen molar-refractivity contribution in [3.8, 4) is 5.75 Å². The van der Waals surface area contributed by atoms with Gasteiger partial charge in [-0.2, -0.15) is 0 Å². The fraction of sp³-hybridized carbons (Fsp3) is 0.650. The average molecular weight is 329 g/mol. The lowest BCUT2D eigenvalue weighted by molar-refractivity contribution is 0.0136. The predicted molar refractivity (Wildman–Crippen MR) is 93.2 cm³/mol. The van der Waals surface area contributed by atoms with E-state index < -0.39 is 0 Å². The van der Waals surface area contributed by atoms with Crippen molar-refractivity contribution in [2.24, 2.45) is 22.4 Å². The van der Waals surface area contributed by atoms with Gasteiger partial charge >= 0.3 is 0 Å². The molecule has 2 fully saturated rings. The van der Waals surface area contributed by atoms with Gasteiger partial charge in [-0.25, -0.2) is 0 Å². The summed E-state index contributed by atoms with van der Waals surface area (Å²) in [4.78, 5) is 5.12. The van der Waals surface area contributed by atoms with Crippen molar-refractivity contribution >= 4 is 5.71 Å². The van der Waals surface area contributed by atoms with E-state index >= 15 is 0 Å². The van der Waals surface area contributed by atoms with E-state index in [9.17, 15) is 5.11 Å². The second-order valence-corrected chi connectivity index (χ2v) is 7.87. The lowest BCUT2D eigenvalue weighted by Gasteiger charge is -2.50. The number of oxime groups is 1. The Morgan fingerprint density at radius 2 is 2.04 bits per heavy atom. The van der Waals surface area contributed by atoms with Gasteiger partial charge in [0, 0.05) is 12.5 Å². The van der Waals surface area contributed by atoms with Crippen molar-refractivity contribution in [2.45, 2.75) is 51.0 Å². The van der Waals surface area contributed by atoms with Gasteiger partial charge in [0.15, 0.2) is 0 Å². The summed E-state index contributed by atoms with van der Waals surface area (Å²) in [5.74, 6) is 2.18. The highest BCUT2D eigenvalue weighted by Gasteiger charge is 2.54. The second kappa shape index (κ2) is 5.76. The van der Waals surface area contributed by atoms with Gasteiger partial charge < -0.3 is 14.7 Å². The Morgan fingerprint density at radius 1 is 1.21 bits per heavy atom. The third-order valence-electron chi connectivity index (χ3n) is 6.97. The Bertz CT molecular complexity index is 671. The molecule has 5 atom stereocenters. The number of hydrogen-bond donors (Lipinski definition) is 1. The van der Waals surface area contributed by atoms with Crippen molar-refractivity contribution in [1.82, 2.24) is 0 Å². The summed E-state index contributed by atoms with van der Waals surface area (Å²) in [6, 6.07) is 5.85. The predicted octanol–water partition coefficient (Wildman–Crippen LogP) is 4.40. The summed E-state index contributed by atoms with van der Waals surface area (Å²) in [6.45, 7) is 2.38. The van der Waals surface area contributed by atoms with Crippen LogP contribution in [-0.2, 0) is 9.57 Å². The molecule has 0 saturated heterocycles. The molecule has 0 heterocycles. The molecule has 0 aliphatic heterocycles. The molecule has 1 aromatic carbocycles. The molecule has 0 radical (unpaired) electrons. The lowest BCUT2D eigenvalue weighted by Crippen LogP contribution is -2.43. The van der Waals surface area contributed by atoms with E-state index in [0.29, 0.717) is 23.5 Å². The van der Waals surface area contributed by atoms with Crippen LogP contribution in [0.25, 0.3) is 0 Å². The molecule has 0 bridgehead atoms. The van der Waals surface area contributed by atoms with Gasteiger partial charge in [0.1, 0.15) is 12.9 Å². The van der Waals surface area contributed by atoms with E-state index in [1.165, 1.54) is 36.1 Å². The summed E-state index contributed by atoms with van der Waals surface area (Å²) in [6.07, 6.45) is 5.72. The summed E-state index contributed by atoms with van der Waals surface area (Å²) in [5, 5.41) is 14.3. The second-order valence-electron chi connectivity index (χ2n) is 7.87. The third-order valence-corrected chi connectivity index (χ3v) is 6.97. The van der Waals surface area contributed by atoms with Gasteiger partial charge in [-0.05, 0) is 73.1 Å². The number of benzene rings is 1. The van der Waals surface area contributed by atoms with E-state index in [-0.39, 0.29) is 11.5 Å². The molecule has 4 nitrogen and oxygen atoms in total. The molecular weight excluding hydrogens is 302 g/mol. The summed E-state index contributed by atoms with van der Waals surface area (Å²) in [5.41, 5.74) is 3.99. The lowest BCUT2D eigenvalue weighted by atomic mass is 9.55. The molecule has 1 aromatic rings. The third kappa shape index (κ3) is 2.19. The molecule has 4 heteroatoms. The first-order valence-corrected chi connectivity index (χ1v) is 9.04. The number of ether oxygens (including phenoxy) is 1. The average Bonchev–Trinajstić information content (AvgIpc) is 2.91. The Morgan fingerprint density at radius 3 is 2.79 bits per heavy atom. The van der Waals surface area contributed by atoms with Crippen molar-refractivity contribution in [3.05, 3.63) is 29.3 Å². The van der Waals surface area contributed by atoms with Crippen LogP contribution >= 0.6 is 0 Å². The minimum absolute atomic E-state index is 0.0825. The monoisotopic (exact) mass is 329 g/mol. The van der Waals surface area contributed by atoms with Crippen LogP contribution in [0.5, 0.6) is 5.75 Å². The van der Waals surface area contributed by atoms with Crippen LogP contribution in [0.4, 0.5) is 0 Å². The van der Waals surface area contributed by atoms with Crippen LogP contribution in [0.3, 0.4) is 0 Å². The number of fused-ring (bicyclic) bond motifs is 5. The maximum absolute atomic E-state index is 9.90. The minimum atomic E-state index is 0.0825. The first-order chi connectivity index (χ1) is 11.6. The molecular formula is C20H27NO3. The van der Waals surface area contributed by atoms with E-state index in [1.54, 1.807) is 14.2 Å². The number of phenolic OH excluding ortho intramolecular Hbond substituents is 1. The van der Waals surface area contributed by atoms with Crippen molar-refractivity contribution in [3.63, 3.8) is 0 Å². The maximum atomic E-state index is 9.90. The van der Waals surface area contributed by atoms with Crippen LogP contribution in [-0.4, -0.2) is 25.0 Å². The topological polar surface area (TPSA) is 51.0 Å². The zero-order valence-electron chi connectivity index (χ0n) is 14.8. The van der Waals surface area contributed by atoms with Crippen LogP contribution in [0.1, 0.15) is 62.2 Å². The quantitative estimate of drug-likeness (QED) is 0.818. The van der Waals surface area contributed by atoms with Crippen LogP contribution in [0, 0.1) is 17.3 Å². The normalized spacial score (nSPS) is 39.2. The molecule has 5 unspecified atom stereocenters. The van der Waals surface area contributed by atoms with Gasteiger partial charge in [-0.1, -0.05) is 18.1 Å². The van der Waals surface area contributed by atoms with E-state index in [1.807, 2.05) is 12.1 Å². The molecule has 3 aliphatic carbocycles. The molecule has 24 heavy (non-hydrogen) atoms. The fourth-order valence-electron chi connectivity index (χ4n) is 5.83. The molecule has 130 valence electrons. The Balaban J connectivity index is 1.73. The largest absolute Gasteiger partial charge is 0.508 e. The number of rotatable bonds is 2. The number of nitrogens with zero attached hydrogens (tertiary/aromatic N) is 1. The van der Waals surface area contributed by atoms with E-state index in [0.717, 1.165) is 12.8 Å². The number of phenols is 1. The van der Waals surface area contributed by atoms with Gasteiger partial charge in [0.2, 0.25) is 0 Å². The van der Waals surface area contributed by atoms with Crippen molar-refractivity contribution < 1.29 is 14.7 Å². The minimum Gasteiger partial charge on any atom is -0.508 e. The van der Waals surface area contributed by atoms with Gasteiger partial charge in [0.25, 0.3) is 0 Å². The van der Waals surface area contributed by atoms with E-state index in [4.69, 9.17) is 9.57 Å². The number of aromatic hydroxyl groups is 1. The van der Waals surface area contributed by atoms with Crippen LogP contribution < -0.4 is 0 Å². The molecule has 3 aliphatic rings. The van der Waals surface area contributed by atoms with Crippen LogP contribution in [0.15, 0.2) is 23.4 Å². The Hall–Kier alpha value is -1.55. The standard InChI is InChI=1S/C20H27NO3/c1-20-9-8-14-13-5-4-12(22)10-16(13)18(23-2)11-15(14)17(20)6-7-19(20)21-24-3/h4-5,10,14-15,17-18,22H,6-9,11H2,1-3H3/b21-19+. The van der Waals surface area contributed by atoms with Gasteiger partial charge in [-0.15, -0.1) is 0 Å². The highest BCUT2D eigenvalue weighted by Crippen LogP contribution is 2.61. The molecule has 2 saturated carbocycles. The number of methoxy groups -OCH3 is 1. The summed E-state index contributed by atoms with van der Waals surface area (Å²) in [7, 11) is 3.44. The highest BCUT2D eigenvalue weighted by atomic mass is 16.6. The summed E-state index contributed by atoms with van der Waals surface area (Å²) < 4.78 is 5.81. The first-order valence-electron chi connectivity index (χ1n) is 9.04. The Kier molecular flexibility index (Phi) is 3.83. The molecule has 4 rings (SSSR count). The SMILES string of the molecule is CO/N=C1\CCC2C3CC(OC)c4cc(O)ccc4C3CCC12C. The zero-order valence-corrected chi connectivity index (χ0v) is 14.8. The van der Waals surface area contributed by atoms with Crippen molar-refractivity contribution in [2.75, 3.05) is 14.2 Å². The molecule has 0 aromatic heterocycles. The van der Waals surface area contributed by atoms with E-state index in [2.05, 4.69) is 18.1 Å². The highest BCUT2D eigenvalue weighted by molar-refractivity contribution is 5.92. The molecule has 0 spiro atoms. The van der Waals surface area contributed by atoms with Crippen molar-refractivity contribution in [1.29, 1.82) is 0 Å². The smallest absolute Gasteiger partial charge is 0.115 e. The van der Waals surface area contributed by atoms with Crippen LogP contribution in [0.2, 0.25) is 0 Å². The first kappa shape index (κ1) is 15.9. The summed E-state index contributed by atoms with van der Waals surface area (Å²) >= 11 is 0. The Labute approximate surface area is 143 Å². The number of hydrogen-bond acceptors (Lipinski definition) is 4. The van der Waals surface area contributed by atoms with Gasteiger partial charge in [0.05, 0.1) is 11.8 Å². The fourth-order valence-corrected chi connectivity index (χ4v) is 5.83. The molecule has 1 N–H and O–H groups in total. The zero-order chi connectivity index (χ0) is 16.9. The molecule has 0 amide bonds.